The van der Waals surface area contributed by atoms with Gasteiger partial charge in [0.2, 0.25) is 0 Å². The zero-order valence-corrected chi connectivity index (χ0v) is 25.2. The van der Waals surface area contributed by atoms with Crippen LogP contribution in [0.4, 0.5) is 0 Å². The summed E-state index contributed by atoms with van der Waals surface area (Å²) in [5.41, 5.74) is 4.66. The number of hydrogen-bond acceptors (Lipinski definition) is 8. The van der Waals surface area contributed by atoms with Gasteiger partial charge in [-0.25, -0.2) is 0 Å². The monoisotopic (exact) mass is 549 g/mol. The van der Waals surface area contributed by atoms with Gasteiger partial charge >= 0.3 is 23.9 Å². The molecule has 0 heterocycles. The fraction of sp³-hybridized carbons (Fsp3) is 0.667. The van der Waals surface area contributed by atoms with Gasteiger partial charge in [0, 0.05) is 5.92 Å². The average molecular weight is 550 g/mol. The molecular formula is C30H47NO8. The molecule has 0 aliphatic carbocycles. The summed E-state index contributed by atoms with van der Waals surface area (Å²) in [4.78, 5) is 50.0. The van der Waals surface area contributed by atoms with Crippen molar-refractivity contribution in [3.8, 4) is 11.5 Å². The molecule has 0 aliphatic rings. The highest BCUT2D eigenvalue weighted by atomic mass is 16.6. The molecule has 1 rings (SSSR count). The van der Waals surface area contributed by atoms with Gasteiger partial charge in [0.25, 0.3) is 0 Å². The van der Waals surface area contributed by atoms with Crippen LogP contribution < -0.4 is 15.2 Å². The largest absolute Gasteiger partial charge is 0.480 e. The maximum Gasteiger partial charge on any atom is 0.321 e. The van der Waals surface area contributed by atoms with Crippen LogP contribution >= 0.6 is 0 Å². The van der Waals surface area contributed by atoms with E-state index in [2.05, 4.69) is 0 Å². The Hall–Kier alpha value is -2.94. The Kier molecular flexibility index (Phi) is 11.7. The normalized spacial score (nSPS) is 14.6. The molecule has 220 valence electrons. The minimum atomic E-state index is -1.34. The standard InChI is InChI=1S/C30H47NO8/c1-11-29(7,8)26(35)38-21-14-13-19(16-22(21)39-27(36)30(9,10)12-2)20(24(31)25(33)34)15-18(3)37-23(32)17-28(4,5)6/h13-14,16,18,20,24H,11-12,15,17,31H2,1-10H3,(H,33,34)/t18?,20?,24-/m0/s1. The van der Waals surface area contributed by atoms with E-state index in [4.69, 9.17) is 19.9 Å². The molecule has 1 aromatic rings. The molecule has 0 bridgehead atoms. The summed E-state index contributed by atoms with van der Waals surface area (Å²) >= 11 is 0. The highest BCUT2D eigenvalue weighted by Gasteiger charge is 2.34. The summed E-state index contributed by atoms with van der Waals surface area (Å²) in [6.45, 7) is 18.1. The average Bonchev–Trinajstić information content (AvgIpc) is 2.81. The lowest BCUT2D eigenvalue weighted by Gasteiger charge is -2.27. The summed E-state index contributed by atoms with van der Waals surface area (Å²) in [7, 11) is 0. The van der Waals surface area contributed by atoms with Gasteiger partial charge in [0.1, 0.15) is 6.04 Å². The van der Waals surface area contributed by atoms with Crippen molar-refractivity contribution in [1.82, 2.24) is 0 Å². The molecule has 2 unspecified atom stereocenters. The molecule has 9 nitrogen and oxygen atoms in total. The van der Waals surface area contributed by atoms with Crippen LogP contribution in [0.5, 0.6) is 11.5 Å². The molecule has 0 radical (unpaired) electrons. The lowest BCUT2D eigenvalue weighted by molar-refractivity contribution is -0.151. The maximum absolute atomic E-state index is 13.0. The minimum Gasteiger partial charge on any atom is -0.480 e. The predicted molar refractivity (Wildman–Crippen MR) is 148 cm³/mol. The van der Waals surface area contributed by atoms with E-state index in [1.54, 1.807) is 40.7 Å². The van der Waals surface area contributed by atoms with Crippen LogP contribution in [-0.2, 0) is 23.9 Å². The first-order chi connectivity index (χ1) is 17.7. The van der Waals surface area contributed by atoms with E-state index < -0.39 is 52.8 Å². The second-order valence-corrected chi connectivity index (χ2v) is 12.7. The summed E-state index contributed by atoms with van der Waals surface area (Å²) in [6.07, 6.45) is 0.716. The van der Waals surface area contributed by atoms with Crippen LogP contribution in [-0.4, -0.2) is 41.1 Å². The lowest BCUT2D eigenvalue weighted by atomic mass is 9.86. The molecule has 0 fully saturated rings. The van der Waals surface area contributed by atoms with Gasteiger partial charge in [0.05, 0.1) is 23.4 Å². The fourth-order valence-electron chi connectivity index (χ4n) is 3.45. The van der Waals surface area contributed by atoms with Crippen LogP contribution in [0.15, 0.2) is 18.2 Å². The van der Waals surface area contributed by atoms with Gasteiger partial charge in [-0.05, 0) is 77.0 Å². The third-order valence-electron chi connectivity index (χ3n) is 6.99. The smallest absolute Gasteiger partial charge is 0.321 e. The third-order valence-corrected chi connectivity index (χ3v) is 6.99. The number of hydrogen-bond donors (Lipinski definition) is 2. The maximum atomic E-state index is 13.0. The first-order valence-electron chi connectivity index (χ1n) is 13.5. The number of benzene rings is 1. The van der Waals surface area contributed by atoms with Crippen molar-refractivity contribution in [3.05, 3.63) is 23.8 Å². The van der Waals surface area contributed by atoms with E-state index in [1.165, 1.54) is 12.1 Å². The zero-order valence-electron chi connectivity index (χ0n) is 25.2. The number of esters is 3. The van der Waals surface area contributed by atoms with Crippen LogP contribution in [0.2, 0.25) is 0 Å². The van der Waals surface area contributed by atoms with Gasteiger partial charge in [-0.2, -0.15) is 0 Å². The molecule has 39 heavy (non-hydrogen) atoms. The van der Waals surface area contributed by atoms with Gasteiger partial charge in [0.15, 0.2) is 11.5 Å². The van der Waals surface area contributed by atoms with Crippen LogP contribution in [0.3, 0.4) is 0 Å². The highest BCUT2D eigenvalue weighted by molar-refractivity contribution is 5.82. The quantitative estimate of drug-likeness (QED) is 0.237. The molecule has 0 amide bonds. The number of carboxylic acids is 1. The summed E-state index contributed by atoms with van der Waals surface area (Å²) in [5.74, 6) is -3.43. The molecule has 0 aliphatic heterocycles. The topological polar surface area (TPSA) is 142 Å². The number of aliphatic carboxylic acids is 1. The second kappa shape index (κ2) is 13.4. The van der Waals surface area contributed by atoms with E-state index >= 15 is 0 Å². The van der Waals surface area contributed by atoms with Crippen molar-refractivity contribution in [1.29, 1.82) is 0 Å². The second-order valence-electron chi connectivity index (χ2n) is 12.7. The van der Waals surface area contributed by atoms with Gasteiger partial charge in [-0.3, -0.25) is 19.2 Å². The predicted octanol–water partition coefficient (Wildman–Crippen LogP) is 5.62. The third kappa shape index (κ3) is 10.3. The van der Waals surface area contributed by atoms with Gasteiger partial charge < -0.3 is 25.1 Å². The lowest BCUT2D eigenvalue weighted by Crippen LogP contribution is -2.38. The van der Waals surface area contributed by atoms with E-state index in [1.807, 2.05) is 34.6 Å². The van der Waals surface area contributed by atoms with Crippen molar-refractivity contribution in [2.75, 3.05) is 0 Å². The molecular weight excluding hydrogens is 502 g/mol. The SMILES string of the molecule is CCC(C)(C)C(=O)Oc1ccc(C(CC(C)OC(=O)CC(C)(C)C)[C@H](N)C(=O)O)cc1OC(=O)C(C)(C)CC. The molecule has 3 N–H and O–H groups in total. The number of ether oxygens (including phenoxy) is 3. The van der Waals surface area contributed by atoms with E-state index in [9.17, 15) is 24.3 Å². The number of carboxylic acid groups (broad SMARTS) is 1. The first kappa shape index (κ1) is 34.1. The van der Waals surface area contributed by atoms with Gasteiger partial charge in [-0.15, -0.1) is 0 Å². The van der Waals surface area contributed by atoms with Crippen molar-refractivity contribution in [2.24, 2.45) is 22.0 Å². The molecule has 0 aromatic heterocycles. The van der Waals surface area contributed by atoms with E-state index in [0.717, 1.165) is 0 Å². The highest BCUT2D eigenvalue weighted by Crippen LogP contribution is 2.37. The Morgan fingerprint density at radius 2 is 1.36 bits per heavy atom. The van der Waals surface area contributed by atoms with E-state index in [0.29, 0.717) is 18.4 Å². The van der Waals surface area contributed by atoms with Crippen LogP contribution in [0.25, 0.3) is 0 Å². The summed E-state index contributed by atoms with van der Waals surface area (Å²) < 4.78 is 16.9. The van der Waals surface area contributed by atoms with Crippen LogP contribution in [0.1, 0.15) is 106 Å². The molecule has 1 aromatic carbocycles. The minimum absolute atomic E-state index is 0.0146. The number of carbonyl (C=O) groups excluding carboxylic acids is 3. The van der Waals surface area contributed by atoms with Crippen molar-refractivity contribution in [3.63, 3.8) is 0 Å². The molecule has 0 spiro atoms. The molecule has 3 atom stereocenters. The van der Waals surface area contributed by atoms with Crippen molar-refractivity contribution >= 4 is 23.9 Å². The van der Waals surface area contributed by atoms with Crippen molar-refractivity contribution < 1.29 is 38.5 Å². The molecule has 0 saturated heterocycles. The van der Waals surface area contributed by atoms with E-state index in [-0.39, 0.29) is 29.8 Å². The van der Waals surface area contributed by atoms with Crippen molar-refractivity contribution in [2.45, 2.75) is 113 Å². The summed E-state index contributed by atoms with van der Waals surface area (Å²) in [5, 5.41) is 9.72. The van der Waals surface area contributed by atoms with Gasteiger partial charge in [-0.1, -0.05) is 40.7 Å². The number of carbonyl (C=O) groups is 4. The fourth-order valence-corrected chi connectivity index (χ4v) is 3.45. The molecule has 9 heteroatoms. The Labute approximate surface area is 232 Å². The Balaban J connectivity index is 3.48. The number of nitrogens with two attached hydrogens (primary N) is 1. The first-order valence-corrected chi connectivity index (χ1v) is 13.5. The zero-order chi connectivity index (χ0) is 30.3. The number of rotatable bonds is 13. The Bertz CT molecular complexity index is 1040. The Morgan fingerprint density at radius 1 is 0.872 bits per heavy atom. The molecule has 0 saturated carbocycles. The Morgan fingerprint density at radius 3 is 1.79 bits per heavy atom. The summed E-state index contributed by atoms with van der Waals surface area (Å²) in [6, 6.07) is 3.19. The van der Waals surface area contributed by atoms with Crippen LogP contribution in [0, 0.1) is 16.2 Å².